The topological polar surface area (TPSA) is 116 Å². The van der Waals surface area contributed by atoms with Crippen LogP contribution in [-0.4, -0.2) is 86.1 Å². The maximum atomic E-state index is 13.1. The molecule has 0 radical (unpaired) electrons. The van der Waals surface area contributed by atoms with Gasteiger partial charge in [0.05, 0.1) is 24.4 Å². The molecule has 2 rings (SSSR count). The van der Waals surface area contributed by atoms with Crippen LogP contribution in [0.1, 0.15) is 60.3 Å². The van der Waals surface area contributed by atoms with Crippen LogP contribution in [0.15, 0.2) is 12.2 Å². The zero-order valence-electron chi connectivity index (χ0n) is 22.0. The quantitative estimate of drug-likeness (QED) is 0.317. The lowest BCUT2D eigenvalue weighted by atomic mass is 9.74. The molecule has 0 bridgehead atoms. The van der Waals surface area contributed by atoms with Crippen LogP contribution in [-0.2, 0) is 28.5 Å². The van der Waals surface area contributed by atoms with Crippen molar-refractivity contribution in [2.75, 3.05) is 21.3 Å². The van der Waals surface area contributed by atoms with Crippen molar-refractivity contribution in [2.45, 2.75) is 109 Å². The first-order chi connectivity index (χ1) is 15.9. The van der Waals surface area contributed by atoms with Gasteiger partial charge in [0.2, 0.25) is 5.79 Å². The van der Waals surface area contributed by atoms with Gasteiger partial charge in [-0.1, -0.05) is 39.8 Å². The average Bonchev–Trinajstić information content (AvgIpc) is 2.80. The summed E-state index contributed by atoms with van der Waals surface area (Å²) in [7, 11) is 4.50. The second kappa shape index (κ2) is 11.8. The SMILES string of the molecule is C=C1C[C@](OC)([C@H](O)C(=O)N[C@@H](OC)[C@@H]2C[C@@H](O)C(C)(C)[C@@H](C[C@@H](CC)OC)O2)OC(C)C1C. The first-order valence-corrected chi connectivity index (χ1v) is 12.1. The largest absolute Gasteiger partial charge is 0.392 e. The number of carbonyl (C=O) groups is 1. The summed E-state index contributed by atoms with van der Waals surface area (Å²) in [5.74, 6) is -2.19. The number of carbonyl (C=O) groups excluding carboxylic acids is 1. The predicted molar refractivity (Wildman–Crippen MR) is 127 cm³/mol. The van der Waals surface area contributed by atoms with E-state index in [4.69, 9.17) is 23.7 Å². The lowest BCUT2D eigenvalue weighted by molar-refractivity contribution is -0.298. The highest BCUT2D eigenvalue weighted by Crippen LogP contribution is 2.41. The third-order valence-electron chi connectivity index (χ3n) is 7.84. The summed E-state index contributed by atoms with van der Waals surface area (Å²) in [4.78, 5) is 13.1. The highest BCUT2D eigenvalue weighted by atomic mass is 16.7. The lowest BCUT2D eigenvalue weighted by Gasteiger charge is -2.48. The van der Waals surface area contributed by atoms with E-state index in [1.165, 1.54) is 14.2 Å². The monoisotopic (exact) mass is 487 g/mol. The van der Waals surface area contributed by atoms with Gasteiger partial charge in [0.1, 0.15) is 6.10 Å². The molecular formula is C25H45NO8. The van der Waals surface area contributed by atoms with Crippen molar-refractivity contribution in [3.05, 3.63) is 12.2 Å². The molecule has 0 aliphatic carbocycles. The van der Waals surface area contributed by atoms with Crippen molar-refractivity contribution in [3.63, 3.8) is 0 Å². The molecule has 3 N–H and O–H groups in total. The Morgan fingerprint density at radius 1 is 1.26 bits per heavy atom. The fourth-order valence-electron chi connectivity index (χ4n) is 4.79. The van der Waals surface area contributed by atoms with Crippen molar-refractivity contribution in [2.24, 2.45) is 11.3 Å². The van der Waals surface area contributed by atoms with Crippen LogP contribution in [0.25, 0.3) is 0 Å². The Labute approximate surface area is 204 Å². The minimum absolute atomic E-state index is 0.0184. The molecule has 2 saturated heterocycles. The summed E-state index contributed by atoms with van der Waals surface area (Å²) in [5, 5.41) is 24.6. The molecular weight excluding hydrogens is 442 g/mol. The summed E-state index contributed by atoms with van der Waals surface area (Å²) in [6.45, 7) is 13.9. The molecule has 198 valence electrons. The molecule has 0 aromatic heterocycles. The van der Waals surface area contributed by atoms with Gasteiger partial charge in [0.15, 0.2) is 12.3 Å². The predicted octanol–water partition coefficient (Wildman–Crippen LogP) is 2.14. The van der Waals surface area contributed by atoms with Gasteiger partial charge in [-0.3, -0.25) is 4.79 Å². The minimum atomic E-state index is -1.62. The molecule has 0 aromatic carbocycles. The van der Waals surface area contributed by atoms with E-state index in [-0.39, 0.29) is 37.1 Å². The van der Waals surface area contributed by atoms with Gasteiger partial charge in [0, 0.05) is 51.9 Å². The molecule has 2 fully saturated rings. The normalized spacial score (nSPS) is 36.5. The molecule has 0 aromatic rings. The summed E-state index contributed by atoms with van der Waals surface area (Å²) >= 11 is 0. The molecule has 34 heavy (non-hydrogen) atoms. The van der Waals surface area contributed by atoms with Crippen LogP contribution in [0.4, 0.5) is 0 Å². The molecule has 9 nitrogen and oxygen atoms in total. The number of nitrogens with one attached hydrogen (secondary N) is 1. The third kappa shape index (κ3) is 6.00. The van der Waals surface area contributed by atoms with Crippen molar-refractivity contribution in [3.8, 4) is 0 Å². The van der Waals surface area contributed by atoms with Crippen LogP contribution < -0.4 is 5.32 Å². The second-order valence-electron chi connectivity index (χ2n) is 10.3. The highest BCUT2D eigenvalue weighted by Gasteiger charge is 2.51. The van der Waals surface area contributed by atoms with Crippen molar-refractivity contribution in [1.29, 1.82) is 0 Å². The molecule has 9 atom stereocenters. The fraction of sp³-hybridized carbons (Fsp3) is 0.880. The zero-order chi connectivity index (χ0) is 25.8. The van der Waals surface area contributed by atoms with Crippen LogP contribution >= 0.6 is 0 Å². The summed E-state index contributed by atoms with van der Waals surface area (Å²) in [6.07, 6.45) is -2.58. The van der Waals surface area contributed by atoms with Crippen molar-refractivity contribution < 1.29 is 38.7 Å². The van der Waals surface area contributed by atoms with Crippen molar-refractivity contribution in [1.82, 2.24) is 5.32 Å². The lowest BCUT2D eigenvalue weighted by Crippen LogP contribution is -2.62. The third-order valence-corrected chi connectivity index (χ3v) is 7.84. The number of hydrogen-bond donors (Lipinski definition) is 3. The van der Waals surface area contributed by atoms with Gasteiger partial charge in [-0.25, -0.2) is 0 Å². The second-order valence-corrected chi connectivity index (χ2v) is 10.3. The van der Waals surface area contributed by atoms with Gasteiger partial charge < -0.3 is 39.2 Å². The van der Waals surface area contributed by atoms with Gasteiger partial charge in [0.25, 0.3) is 5.91 Å². The average molecular weight is 488 g/mol. The molecule has 2 aliphatic heterocycles. The number of aliphatic hydroxyl groups excluding tert-OH is 2. The molecule has 2 aliphatic rings. The smallest absolute Gasteiger partial charge is 0.256 e. The van der Waals surface area contributed by atoms with E-state index in [1.54, 1.807) is 7.11 Å². The van der Waals surface area contributed by atoms with E-state index in [9.17, 15) is 15.0 Å². The van der Waals surface area contributed by atoms with E-state index in [0.29, 0.717) is 6.42 Å². The maximum Gasteiger partial charge on any atom is 0.256 e. The summed E-state index contributed by atoms with van der Waals surface area (Å²) in [5.41, 5.74) is 0.330. The number of ether oxygens (including phenoxy) is 5. The van der Waals surface area contributed by atoms with Gasteiger partial charge in [-0.2, -0.15) is 0 Å². The zero-order valence-corrected chi connectivity index (χ0v) is 22.0. The van der Waals surface area contributed by atoms with E-state index < -0.39 is 41.6 Å². The van der Waals surface area contributed by atoms with E-state index >= 15 is 0 Å². The fourth-order valence-corrected chi connectivity index (χ4v) is 4.79. The van der Waals surface area contributed by atoms with E-state index in [0.717, 1.165) is 12.0 Å². The molecule has 9 heteroatoms. The number of amides is 1. The van der Waals surface area contributed by atoms with E-state index in [2.05, 4.69) is 11.9 Å². The summed E-state index contributed by atoms with van der Waals surface area (Å²) < 4.78 is 28.9. The van der Waals surface area contributed by atoms with Gasteiger partial charge in [-0.05, 0) is 13.3 Å². The Hall–Kier alpha value is -1.07. The molecule has 0 spiro atoms. The van der Waals surface area contributed by atoms with Crippen LogP contribution in [0.3, 0.4) is 0 Å². The number of rotatable bonds is 10. The van der Waals surface area contributed by atoms with Crippen LogP contribution in [0.5, 0.6) is 0 Å². The van der Waals surface area contributed by atoms with Gasteiger partial charge >= 0.3 is 0 Å². The Morgan fingerprint density at radius 3 is 2.41 bits per heavy atom. The Bertz CT molecular complexity index is 696. The van der Waals surface area contributed by atoms with Crippen LogP contribution in [0, 0.1) is 11.3 Å². The Balaban J connectivity index is 2.16. The van der Waals surface area contributed by atoms with Crippen LogP contribution in [0.2, 0.25) is 0 Å². The standard InChI is InChI=1S/C25H45NO8/c1-10-17(30-7)11-20-24(5,6)19(27)12-18(33-20)23(31-8)26-22(29)21(28)25(32-9)13-14(2)15(3)16(4)34-25/h15-21,23,27-28H,2,10-13H2,1,3-9H3,(H,26,29)/t15?,16?,17-,18+,19-,20-,21-,23+,25-/m1/s1. The Morgan fingerprint density at radius 2 is 1.91 bits per heavy atom. The first-order valence-electron chi connectivity index (χ1n) is 12.1. The first kappa shape index (κ1) is 29.2. The van der Waals surface area contributed by atoms with Crippen molar-refractivity contribution >= 4 is 5.91 Å². The van der Waals surface area contributed by atoms with E-state index in [1.807, 2.05) is 34.6 Å². The molecule has 2 unspecified atom stereocenters. The molecule has 1 amide bonds. The van der Waals surface area contributed by atoms with Gasteiger partial charge in [-0.15, -0.1) is 0 Å². The summed E-state index contributed by atoms with van der Waals surface area (Å²) in [6, 6.07) is 0. The molecule has 2 heterocycles. The number of methoxy groups -OCH3 is 3. The highest BCUT2D eigenvalue weighted by molar-refractivity contribution is 5.82. The maximum absolute atomic E-state index is 13.1. The minimum Gasteiger partial charge on any atom is -0.392 e. The molecule has 0 saturated carbocycles. The Kier molecular flexibility index (Phi) is 10.1. The number of aliphatic hydroxyl groups is 2. The number of hydrogen-bond acceptors (Lipinski definition) is 8.